The van der Waals surface area contributed by atoms with Crippen LogP contribution in [0.1, 0.15) is 75.8 Å². The highest BCUT2D eigenvalue weighted by Gasteiger charge is 2.49. The van der Waals surface area contributed by atoms with Gasteiger partial charge in [-0.1, -0.05) is 12.1 Å². The molecule has 13 nitrogen and oxygen atoms in total. The number of nitrogens with one attached hydrogen (secondary N) is 1. The molecule has 13 heteroatoms. The number of carbonyl (C=O) groups is 2. The fourth-order valence-electron chi connectivity index (χ4n) is 6.07. The minimum atomic E-state index is -1.91. The van der Waals surface area contributed by atoms with Gasteiger partial charge in [-0.15, -0.1) is 0 Å². The SMILES string of the molecule is CCN/N=C(\CO)C1(O)Cc2c(O)c3c(c(O)c2[C@@H](OC2CC(N)C(O)C(C)O2)C1)C(=O)c1c(OC)cccc1C3=O. The van der Waals surface area contributed by atoms with Gasteiger partial charge < -0.3 is 50.9 Å². The Hall–Kier alpha value is -3.59. The van der Waals surface area contributed by atoms with Crippen LogP contribution in [0.3, 0.4) is 0 Å². The summed E-state index contributed by atoms with van der Waals surface area (Å²) in [6.45, 7) is 3.13. The molecule has 0 amide bonds. The molecule has 0 bridgehead atoms. The predicted octanol–water partition coefficient (Wildman–Crippen LogP) is 0.398. The summed E-state index contributed by atoms with van der Waals surface area (Å²) < 4.78 is 17.3. The number of nitrogens with zero attached hydrogens (tertiary/aromatic N) is 1. The molecule has 0 aromatic heterocycles. The Labute approximate surface area is 241 Å². The maximum absolute atomic E-state index is 13.8. The Balaban J connectivity index is 1.69. The third-order valence-corrected chi connectivity index (χ3v) is 8.20. The summed E-state index contributed by atoms with van der Waals surface area (Å²) in [5.41, 5.74) is 5.85. The van der Waals surface area contributed by atoms with Gasteiger partial charge in [0.2, 0.25) is 5.78 Å². The molecule has 1 heterocycles. The number of hydrogen-bond acceptors (Lipinski definition) is 13. The first-order valence-corrected chi connectivity index (χ1v) is 13.7. The van der Waals surface area contributed by atoms with E-state index in [1.807, 2.05) is 0 Å². The van der Waals surface area contributed by atoms with E-state index in [-0.39, 0.29) is 53.0 Å². The lowest BCUT2D eigenvalue weighted by atomic mass is 9.71. The molecular formula is C29H35N3O10. The van der Waals surface area contributed by atoms with Crippen LogP contribution in [0, 0.1) is 0 Å². The molecule has 3 aliphatic rings. The largest absolute Gasteiger partial charge is 0.507 e. The van der Waals surface area contributed by atoms with E-state index in [0.29, 0.717) is 6.54 Å². The smallest absolute Gasteiger partial charge is 0.202 e. The van der Waals surface area contributed by atoms with Crippen molar-refractivity contribution < 1.29 is 49.3 Å². The fourth-order valence-corrected chi connectivity index (χ4v) is 6.07. The zero-order valence-corrected chi connectivity index (χ0v) is 23.5. The second-order valence-electron chi connectivity index (χ2n) is 10.8. The number of ether oxygens (including phenoxy) is 3. The first-order chi connectivity index (χ1) is 20.0. The lowest BCUT2D eigenvalue weighted by molar-refractivity contribution is -0.245. The fraction of sp³-hybridized carbons (Fsp3) is 0.483. The van der Waals surface area contributed by atoms with Crippen molar-refractivity contribution in [3.63, 3.8) is 0 Å². The number of benzene rings is 2. The van der Waals surface area contributed by atoms with Crippen LogP contribution in [-0.4, -0.2) is 93.2 Å². The van der Waals surface area contributed by atoms with E-state index in [1.54, 1.807) is 13.8 Å². The van der Waals surface area contributed by atoms with E-state index in [2.05, 4.69) is 10.5 Å². The lowest BCUT2D eigenvalue weighted by Crippen LogP contribution is -2.53. The van der Waals surface area contributed by atoms with Crippen LogP contribution in [0.4, 0.5) is 0 Å². The zero-order chi connectivity index (χ0) is 30.5. The molecular weight excluding hydrogens is 550 g/mol. The van der Waals surface area contributed by atoms with Crippen LogP contribution in [0.2, 0.25) is 0 Å². The topological polar surface area (TPSA) is 213 Å². The van der Waals surface area contributed by atoms with Crippen molar-refractivity contribution in [3.05, 3.63) is 51.6 Å². The van der Waals surface area contributed by atoms with E-state index >= 15 is 0 Å². The van der Waals surface area contributed by atoms with Gasteiger partial charge in [-0.05, 0) is 19.9 Å². The molecule has 5 rings (SSSR count). The Kier molecular flexibility index (Phi) is 8.00. The van der Waals surface area contributed by atoms with Crippen LogP contribution in [0.25, 0.3) is 0 Å². The van der Waals surface area contributed by atoms with Crippen molar-refractivity contribution in [2.24, 2.45) is 10.8 Å². The van der Waals surface area contributed by atoms with Gasteiger partial charge in [0.1, 0.15) is 22.8 Å². The molecule has 42 heavy (non-hydrogen) atoms. The number of phenols is 2. The van der Waals surface area contributed by atoms with Gasteiger partial charge in [0.15, 0.2) is 12.1 Å². The maximum Gasteiger partial charge on any atom is 0.202 e. The van der Waals surface area contributed by atoms with Crippen LogP contribution in [-0.2, 0) is 15.9 Å². The Morgan fingerprint density at radius 1 is 1.19 bits per heavy atom. The zero-order valence-electron chi connectivity index (χ0n) is 23.5. The minimum Gasteiger partial charge on any atom is -0.507 e. The number of phenolic OH excluding ortho intramolecular Hbond substituents is 2. The van der Waals surface area contributed by atoms with Gasteiger partial charge in [0.05, 0.1) is 54.4 Å². The lowest BCUT2D eigenvalue weighted by Gasteiger charge is -2.43. The molecule has 1 aliphatic heterocycles. The third-order valence-electron chi connectivity index (χ3n) is 8.20. The molecule has 1 saturated heterocycles. The molecule has 0 saturated carbocycles. The van der Waals surface area contributed by atoms with Gasteiger partial charge in [-0.3, -0.25) is 9.59 Å². The van der Waals surface area contributed by atoms with Crippen LogP contribution < -0.4 is 15.9 Å². The second-order valence-corrected chi connectivity index (χ2v) is 10.8. The van der Waals surface area contributed by atoms with E-state index in [1.165, 1.54) is 25.3 Å². The number of rotatable bonds is 7. The number of ketones is 2. The molecule has 8 N–H and O–H groups in total. The number of carbonyl (C=O) groups excluding carboxylic acids is 2. The van der Waals surface area contributed by atoms with Crippen molar-refractivity contribution in [1.29, 1.82) is 0 Å². The predicted molar refractivity (Wildman–Crippen MR) is 148 cm³/mol. The quantitative estimate of drug-likeness (QED) is 0.114. The van der Waals surface area contributed by atoms with Gasteiger partial charge in [0, 0.05) is 48.5 Å². The van der Waals surface area contributed by atoms with Crippen LogP contribution in [0.5, 0.6) is 17.2 Å². The van der Waals surface area contributed by atoms with Crippen molar-refractivity contribution >= 4 is 17.3 Å². The number of aliphatic hydroxyl groups is 3. The average Bonchev–Trinajstić information content (AvgIpc) is 2.96. The van der Waals surface area contributed by atoms with Gasteiger partial charge in [-0.25, -0.2) is 0 Å². The van der Waals surface area contributed by atoms with E-state index in [4.69, 9.17) is 19.9 Å². The van der Waals surface area contributed by atoms with Crippen molar-refractivity contribution in [3.8, 4) is 17.2 Å². The summed E-state index contributed by atoms with van der Waals surface area (Å²) in [6, 6.07) is 3.77. The third kappa shape index (κ3) is 4.71. The normalized spacial score (nSPS) is 29.0. The highest BCUT2D eigenvalue weighted by atomic mass is 16.7. The molecule has 226 valence electrons. The first kappa shape index (κ1) is 29.9. The number of hydrogen-bond donors (Lipinski definition) is 7. The summed E-state index contributed by atoms with van der Waals surface area (Å²) in [4.78, 5) is 27.5. The molecule has 0 spiro atoms. The molecule has 2 aromatic rings. The van der Waals surface area contributed by atoms with Crippen LogP contribution in [0.15, 0.2) is 23.3 Å². The van der Waals surface area contributed by atoms with E-state index < -0.39 is 77.0 Å². The van der Waals surface area contributed by atoms with Gasteiger partial charge in [0.25, 0.3) is 0 Å². The summed E-state index contributed by atoms with van der Waals surface area (Å²) >= 11 is 0. The minimum absolute atomic E-state index is 0.0118. The monoisotopic (exact) mass is 585 g/mol. The molecule has 2 aliphatic carbocycles. The highest BCUT2D eigenvalue weighted by Crippen LogP contribution is 2.52. The van der Waals surface area contributed by atoms with Gasteiger partial charge >= 0.3 is 0 Å². The summed E-state index contributed by atoms with van der Waals surface area (Å²) in [5, 5.41) is 59.5. The Morgan fingerprint density at radius 3 is 2.55 bits per heavy atom. The standard InChI is InChI=1S/C29H35N3O10/c1-4-31-32-18(11-33)29(39)9-14-21(17(10-29)42-19-8-15(30)24(34)12(2)41-19)28(38)23-22(26(14)36)25(35)13-6-5-7-16(40-3)20(13)27(23)37/h5-7,12,15,17,19,24,31,33-34,36,38-39H,4,8-11,30H2,1-3H3/b32-18+/t12?,15?,17-,19?,24?,29?/m0/s1. The number of fused-ring (bicyclic) bond motifs is 3. The Morgan fingerprint density at radius 2 is 1.90 bits per heavy atom. The van der Waals surface area contributed by atoms with Crippen molar-refractivity contribution in [2.75, 3.05) is 20.3 Å². The molecule has 6 atom stereocenters. The number of nitrogens with two attached hydrogens (primary N) is 1. The number of hydrazone groups is 1. The van der Waals surface area contributed by atoms with Crippen molar-refractivity contribution in [1.82, 2.24) is 5.43 Å². The molecule has 2 aromatic carbocycles. The summed E-state index contributed by atoms with van der Waals surface area (Å²) in [7, 11) is 1.35. The number of methoxy groups -OCH3 is 1. The Bertz CT molecular complexity index is 1450. The summed E-state index contributed by atoms with van der Waals surface area (Å²) in [6.07, 6.45) is -4.45. The van der Waals surface area contributed by atoms with E-state index in [9.17, 15) is 35.1 Å². The average molecular weight is 586 g/mol. The molecule has 5 unspecified atom stereocenters. The van der Waals surface area contributed by atoms with Gasteiger partial charge in [-0.2, -0.15) is 5.10 Å². The van der Waals surface area contributed by atoms with E-state index in [0.717, 1.165) is 0 Å². The molecule has 0 radical (unpaired) electrons. The second kappa shape index (κ2) is 11.2. The summed E-state index contributed by atoms with van der Waals surface area (Å²) in [5.74, 6) is -2.53. The number of aromatic hydroxyl groups is 2. The van der Waals surface area contributed by atoms with Crippen LogP contribution >= 0.6 is 0 Å². The molecule has 1 fully saturated rings. The maximum atomic E-state index is 13.8. The van der Waals surface area contributed by atoms with Crippen molar-refractivity contribution in [2.45, 2.75) is 69.4 Å². The first-order valence-electron chi connectivity index (χ1n) is 13.7. The highest BCUT2D eigenvalue weighted by molar-refractivity contribution is 6.31. The number of aliphatic hydroxyl groups excluding tert-OH is 2.